The Labute approximate surface area is 117 Å². The Morgan fingerprint density at radius 1 is 1.20 bits per heavy atom. The summed E-state index contributed by atoms with van der Waals surface area (Å²) in [6.07, 6.45) is 8.69. The number of carbonyl (C=O) groups is 2. The number of hydrogen-bond acceptors (Lipinski definition) is 4. The molecule has 1 aliphatic heterocycles. The smallest absolute Gasteiger partial charge is 0.235 e. The van der Waals surface area contributed by atoms with Crippen LogP contribution in [-0.2, 0) is 16.1 Å². The van der Waals surface area contributed by atoms with Gasteiger partial charge in [0.15, 0.2) is 0 Å². The minimum Gasteiger partial charge on any atom is -0.396 e. The van der Waals surface area contributed by atoms with Gasteiger partial charge in [0.05, 0.1) is 23.8 Å². The van der Waals surface area contributed by atoms with E-state index in [9.17, 15) is 9.59 Å². The van der Waals surface area contributed by atoms with Crippen molar-refractivity contribution in [3.8, 4) is 0 Å². The highest BCUT2D eigenvalue weighted by Crippen LogP contribution is 2.45. The van der Waals surface area contributed by atoms with Gasteiger partial charge in [0.2, 0.25) is 11.8 Å². The van der Waals surface area contributed by atoms with Gasteiger partial charge in [0.1, 0.15) is 0 Å². The van der Waals surface area contributed by atoms with Crippen molar-refractivity contribution in [2.24, 2.45) is 5.41 Å². The number of rotatable bonds is 3. The second-order valence-corrected chi connectivity index (χ2v) is 5.91. The van der Waals surface area contributed by atoms with Gasteiger partial charge in [-0.3, -0.25) is 19.2 Å². The molecule has 0 bridgehead atoms. The summed E-state index contributed by atoms with van der Waals surface area (Å²) in [7, 11) is 0. The predicted molar refractivity (Wildman–Crippen MR) is 73.5 cm³/mol. The molecule has 108 valence electrons. The summed E-state index contributed by atoms with van der Waals surface area (Å²) in [5.74, 6) is -0.000596. The average Bonchev–Trinajstić information content (AvgIpc) is 2.93. The fourth-order valence-corrected chi connectivity index (χ4v) is 3.41. The summed E-state index contributed by atoms with van der Waals surface area (Å²) in [6, 6.07) is 0. The van der Waals surface area contributed by atoms with Crippen molar-refractivity contribution < 1.29 is 9.59 Å². The molecule has 1 aromatic rings. The number of imide groups is 1. The third kappa shape index (κ3) is 2.19. The second kappa shape index (κ2) is 4.92. The van der Waals surface area contributed by atoms with Crippen LogP contribution < -0.4 is 5.73 Å². The molecule has 6 nitrogen and oxygen atoms in total. The zero-order chi connectivity index (χ0) is 14.2. The maximum absolute atomic E-state index is 12.6. The van der Waals surface area contributed by atoms with E-state index in [2.05, 4.69) is 5.10 Å². The van der Waals surface area contributed by atoms with E-state index in [0.717, 1.165) is 25.7 Å². The van der Waals surface area contributed by atoms with Gasteiger partial charge < -0.3 is 5.73 Å². The molecule has 1 aliphatic carbocycles. The Morgan fingerprint density at radius 2 is 1.95 bits per heavy atom. The molecule has 0 aromatic carbocycles. The van der Waals surface area contributed by atoms with E-state index in [1.54, 1.807) is 17.1 Å². The summed E-state index contributed by atoms with van der Waals surface area (Å²) < 4.78 is 1.67. The first-order valence-electron chi connectivity index (χ1n) is 7.23. The van der Waals surface area contributed by atoms with Crippen molar-refractivity contribution in [1.82, 2.24) is 14.7 Å². The van der Waals surface area contributed by atoms with E-state index in [1.165, 1.54) is 11.3 Å². The lowest BCUT2D eigenvalue weighted by Crippen LogP contribution is -2.38. The molecule has 2 fully saturated rings. The number of anilines is 1. The molecular formula is C14H20N4O2. The number of likely N-dealkylation sites (tertiary alicyclic amines) is 1. The van der Waals surface area contributed by atoms with Crippen LogP contribution in [0.1, 0.15) is 38.5 Å². The number of nitrogen functional groups attached to an aromatic ring is 1. The number of hydrogen-bond donors (Lipinski definition) is 1. The van der Waals surface area contributed by atoms with Crippen LogP contribution >= 0.6 is 0 Å². The van der Waals surface area contributed by atoms with Crippen LogP contribution in [0.15, 0.2) is 12.4 Å². The molecule has 2 heterocycles. The van der Waals surface area contributed by atoms with Gasteiger partial charge in [0, 0.05) is 19.2 Å². The van der Waals surface area contributed by atoms with Gasteiger partial charge in [0.25, 0.3) is 0 Å². The maximum Gasteiger partial charge on any atom is 0.235 e. The lowest BCUT2D eigenvalue weighted by Gasteiger charge is -2.30. The van der Waals surface area contributed by atoms with Gasteiger partial charge >= 0.3 is 0 Å². The van der Waals surface area contributed by atoms with Gasteiger partial charge in [-0.2, -0.15) is 5.10 Å². The largest absolute Gasteiger partial charge is 0.396 e. The first-order chi connectivity index (χ1) is 9.61. The minimum atomic E-state index is -0.390. The molecule has 6 heteroatoms. The highest BCUT2D eigenvalue weighted by atomic mass is 16.2. The van der Waals surface area contributed by atoms with Crippen molar-refractivity contribution in [1.29, 1.82) is 0 Å². The molecule has 2 amide bonds. The van der Waals surface area contributed by atoms with E-state index in [-0.39, 0.29) is 11.8 Å². The summed E-state index contributed by atoms with van der Waals surface area (Å²) >= 11 is 0. The number of amides is 2. The Balaban J connectivity index is 1.67. The zero-order valence-corrected chi connectivity index (χ0v) is 11.5. The lowest BCUT2D eigenvalue weighted by atomic mass is 9.73. The van der Waals surface area contributed by atoms with Crippen LogP contribution in [0, 0.1) is 5.41 Å². The van der Waals surface area contributed by atoms with E-state index in [4.69, 9.17) is 5.73 Å². The molecule has 20 heavy (non-hydrogen) atoms. The summed E-state index contributed by atoms with van der Waals surface area (Å²) in [4.78, 5) is 26.1. The number of carbonyl (C=O) groups excluding carboxylic acids is 2. The molecule has 1 aromatic heterocycles. The quantitative estimate of drug-likeness (QED) is 0.840. The van der Waals surface area contributed by atoms with Crippen LogP contribution in [-0.4, -0.2) is 33.0 Å². The monoisotopic (exact) mass is 276 g/mol. The van der Waals surface area contributed by atoms with Crippen LogP contribution in [0.4, 0.5) is 5.69 Å². The normalized spacial score (nSPS) is 21.9. The topological polar surface area (TPSA) is 81.2 Å². The van der Waals surface area contributed by atoms with Gasteiger partial charge in [-0.1, -0.05) is 19.3 Å². The van der Waals surface area contributed by atoms with Crippen molar-refractivity contribution in [3.63, 3.8) is 0 Å². The maximum atomic E-state index is 12.6. The van der Waals surface area contributed by atoms with Gasteiger partial charge in [-0.25, -0.2) is 0 Å². The Hall–Kier alpha value is -1.85. The lowest BCUT2D eigenvalue weighted by molar-refractivity contribution is -0.142. The SMILES string of the molecule is Nc1cnn(CCN2C(=O)CC3(CCCCC3)C2=O)c1. The summed E-state index contributed by atoms with van der Waals surface area (Å²) in [5, 5.41) is 4.07. The van der Waals surface area contributed by atoms with E-state index in [1.807, 2.05) is 0 Å². The summed E-state index contributed by atoms with van der Waals surface area (Å²) in [5.41, 5.74) is 5.80. The molecule has 0 atom stereocenters. The van der Waals surface area contributed by atoms with Crippen LogP contribution in [0.25, 0.3) is 0 Å². The van der Waals surface area contributed by atoms with Crippen molar-refractivity contribution in [3.05, 3.63) is 12.4 Å². The third-order valence-electron chi connectivity index (χ3n) is 4.51. The molecule has 1 spiro atoms. The molecule has 2 N–H and O–H groups in total. The number of nitrogens with zero attached hydrogens (tertiary/aromatic N) is 3. The first-order valence-corrected chi connectivity index (χ1v) is 7.23. The van der Waals surface area contributed by atoms with Crippen LogP contribution in [0.3, 0.4) is 0 Å². The Morgan fingerprint density at radius 3 is 2.60 bits per heavy atom. The van der Waals surface area contributed by atoms with E-state index < -0.39 is 5.41 Å². The number of aromatic nitrogens is 2. The minimum absolute atomic E-state index is 0.0299. The highest BCUT2D eigenvalue weighted by molar-refractivity contribution is 6.05. The fourth-order valence-electron chi connectivity index (χ4n) is 3.41. The van der Waals surface area contributed by atoms with Crippen LogP contribution in [0.5, 0.6) is 0 Å². The molecule has 3 rings (SSSR count). The molecular weight excluding hydrogens is 256 g/mol. The molecule has 1 saturated heterocycles. The molecule has 0 radical (unpaired) electrons. The first kappa shape index (κ1) is 13.1. The van der Waals surface area contributed by atoms with E-state index >= 15 is 0 Å². The van der Waals surface area contributed by atoms with E-state index in [0.29, 0.717) is 25.2 Å². The second-order valence-electron chi connectivity index (χ2n) is 5.91. The third-order valence-corrected chi connectivity index (χ3v) is 4.51. The van der Waals surface area contributed by atoms with Crippen molar-refractivity contribution in [2.75, 3.05) is 12.3 Å². The molecule has 1 saturated carbocycles. The fraction of sp³-hybridized carbons (Fsp3) is 0.643. The molecule has 2 aliphatic rings. The summed E-state index contributed by atoms with van der Waals surface area (Å²) in [6.45, 7) is 0.894. The van der Waals surface area contributed by atoms with Crippen molar-refractivity contribution in [2.45, 2.75) is 45.1 Å². The van der Waals surface area contributed by atoms with Gasteiger partial charge in [-0.05, 0) is 12.8 Å². The Kier molecular flexibility index (Phi) is 3.23. The zero-order valence-electron chi connectivity index (χ0n) is 11.5. The average molecular weight is 276 g/mol. The highest BCUT2D eigenvalue weighted by Gasteiger charge is 2.51. The predicted octanol–water partition coefficient (Wildman–Crippen LogP) is 1.17. The van der Waals surface area contributed by atoms with Gasteiger partial charge in [-0.15, -0.1) is 0 Å². The molecule has 0 unspecified atom stereocenters. The van der Waals surface area contributed by atoms with Crippen molar-refractivity contribution >= 4 is 17.5 Å². The Bertz CT molecular complexity index is 531. The number of nitrogens with two attached hydrogens (primary N) is 1. The standard InChI is InChI=1S/C14H20N4O2/c15-11-9-16-17(10-11)6-7-18-12(19)8-14(13(18)20)4-2-1-3-5-14/h9-10H,1-8,15H2. The van der Waals surface area contributed by atoms with Crippen LogP contribution in [0.2, 0.25) is 0 Å².